The standard InChI is InChI=1S/C27H35FN4O2/c28-23-3-4-24(22(14-23)13-20-1-2-20)34-25-15-29-19-30-26(25)32-10-8-27(18-32)7-9-31(17-27)16-21-5-11-33-12-6-21/h3-4,14-15,19-21H,1-2,5-13,16-18H2. The van der Waals surface area contributed by atoms with Crippen LogP contribution in [0.3, 0.4) is 0 Å². The van der Waals surface area contributed by atoms with Crippen molar-refractivity contribution in [1.29, 1.82) is 0 Å². The highest BCUT2D eigenvalue weighted by Crippen LogP contribution is 2.44. The Bertz CT molecular complexity index is 1010. The summed E-state index contributed by atoms with van der Waals surface area (Å²) in [5.41, 5.74) is 1.27. The van der Waals surface area contributed by atoms with Gasteiger partial charge in [-0.25, -0.2) is 14.4 Å². The number of nitrogens with zero attached hydrogens (tertiary/aromatic N) is 4. The molecule has 1 saturated carbocycles. The second-order valence-corrected chi connectivity index (χ2v) is 10.9. The maximum absolute atomic E-state index is 13.9. The van der Waals surface area contributed by atoms with Crippen LogP contribution in [0.1, 0.15) is 44.1 Å². The Morgan fingerprint density at radius 1 is 1.03 bits per heavy atom. The molecular weight excluding hydrogens is 431 g/mol. The summed E-state index contributed by atoms with van der Waals surface area (Å²) in [5, 5.41) is 0. The Balaban J connectivity index is 1.14. The lowest BCUT2D eigenvalue weighted by atomic mass is 9.86. The molecule has 182 valence electrons. The van der Waals surface area contributed by atoms with E-state index in [0.29, 0.717) is 17.1 Å². The predicted octanol–water partition coefficient (Wildman–Crippen LogP) is 4.69. The average Bonchev–Trinajstić information content (AvgIpc) is 3.44. The van der Waals surface area contributed by atoms with Gasteiger partial charge in [0.15, 0.2) is 11.6 Å². The molecule has 1 aromatic carbocycles. The maximum atomic E-state index is 13.9. The van der Waals surface area contributed by atoms with Crippen LogP contribution in [0.5, 0.6) is 11.5 Å². The van der Waals surface area contributed by atoms with Gasteiger partial charge in [-0.05, 0) is 87.1 Å². The van der Waals surface area contributed by atoms with Crippen molar-refractivity contribution in [3.05, 3.63) is 42.1 Å². The van der Waals surface area contributed by atoms with Gasteiger partial charge in [-0.3, -0.25) is 0 Å². The van der Waals surface area contributed by atoms with Crippen molar-refractivity contribution >= 4 is 5.82 Å². The third-order valence-electron chi connectivity index (χ3n) is 8.22. The van der Waals surface area contributed by atoms with Gasteiger partial charge in [-0.2, -0.15) is 0 Å². The fraction of sp³-hybridized carbons (Fsp3) is 0.630. The Hall–Kier alpha value is -2.25. The summed E-state index contributed by atoms with van der Waals surface area (Å²) in [4.78, 5) is 13.9. The zero-order chi connectivity index (χ0) is 23.0. The largest absolute Gasteiger partial charge is 0.452 e. The summed E-state index contributed by atoms with van der Waals surface area (Å²) in [6, 6.07) is 4.85. The minimum absolute atomic E-state index is 0.208. The van der Waals surface area contributed by atoms with Crippen LogP contribution < -0.4 is 9.64 Å². The molecule has 34 heavy (non-hydrogen) atoms. The molecule has 0 radical (unpaired) electrons. The van der Waals surface area contributed by atoms with E-state index in [1.54, 1.807) is 24.7 Å². The lowest BCUT2D eigenvalue weighted by molar-refractivity contribution is 0.0543. The van der Waals surface area contributed by atoms with Crippen molar-refractivity contribution in [2.75, 3.05) is 50.8 Å². The number of rotatable bonds is 7. The Kier molecular flexibility index (Phi) is 6.16. The van der Waals surface area contributed by atoms with Gasteiger partial charge >= 0.3 is 0 Å². The van der Waals surface area contributed by atoms with Gasteiger partial charge in [-0.1, -0.05) is 0 Å². The van der Waals surface area contributed by atoms with Gasteiger partial charge in [0.1, 0.15) is 17.9 Å². The highest BCUT2D eigenvalue weighted by Gasteiger charge is 2.44. The van der Waals surface area contributed by atoms with Crippen LogP contribution >= 0.6 is 0 Å². The summed E-state index contributed by atoms with van der Waals surface area (Å²) in [5.74, 6) is 3.48. The van der Waals surface area contributed by atoms with Crippen LogP contribution in [0.2, 0.25) is 0 Å². The normalized spacial score (nSPS) is 26.0. The number of hydrogen-bond donors (Lipinski definition) is 0. The van der Waals surface area contributed by atoms with E-state index in [9.17, 15) is 4.39 Å². The van der Waals surface area contributed by atoms with E-state index in [1.807, 2.05) is 0 Å². The van der Waals surface area contributed by atoms with Gasteiger partial charge in [-0.15, -0.1) is 0 Å². The molecule has 1 atom stereocenters. The topological polar surface area (TPSA) is 50.7 Å². The number of likely N-dealkylation sites (tertiary alicyclic amines) is 1. The summed E-state index contributed by atoms with van der Waals surface area (Å²) >= 11 is 0. The van der Waals surface area contributed by atoms with E-state index in [2.05, 4.69) is 19.8 Å². The highest BCUT2D eigenvalue weighted by molar-refractivity contribution is 5.54. The number of benzene rings is 1. The van der Waals surface area contributed by atoms with E-state index < -0.39 is 0 Å². The molecule has 6 nitrogen and oxygen atoms in total. The fourth-order valence-corrected chi connectivity index (χ4v) is 6.11. The third-order valence-corrected chi connectivity index (χ3v) is 8.22. The third kappa shape index (κ3) is 4.91. The molecule has 7 heteroatoms. The minimum atomic E-state index is -0.208. The van der Waals surface area contributed by atoms with Gasteiger partial charge < -0.3 is 19.3 Å². The van der Waals surface area contributed by atoms with E-state index in [0.717, 1.165) is 55.8 Å². The van der Waals surface area contributed by atoms with E-state index in [-0.39, 0.29) is 5.82 Å². The number of anilines is 1. The molecule has 1 spiro atoms. The van der Waals surface area contributed by atoms with Crippen LogP contribution in [-0.4, -0.2) is 60.8 Å². The lowest BCUT2D eigenvalue weighted by Crippen LogP contribution is -2.34. The Morgan fingerprint density at radius 2 is 1.88 bits per heavy atom. The summed E-state index contributed by atoms with van der Waals surface area (Å²) in [6.07, 6.45) is 11.5. The van der Waals surface area contributed by atoms with Gasteiger partial charge in [0.2, 0.25) is 0 Å². The first-order valence-corrected chi connectivity index (χ1v) is 13.0. The smallest absolute Gasteiger partial charge is 0.188 e. The van der Waals surface area contributed by atoms with Crippen molar-refractivity contribution in [3.63, 3.8) is 0 Å². The van der Waals surface area contributed by atoms with Crippen LogP contribution in [0, 0.1) is 23.1 Å². The molecular formula is C27H35FN4O2. The summed E-state index contributed by atoms with van der Waals surface area (Å²) in [7, 11) is 0. The molecule has 3 saturated heterocycles. The van der Waals surface area contributed by atoms with Gasteiger partial charge in [0.05, 0.1) is 6.20 Å². The first-order valence-electron chi connectivity index (χ1n) is 13.0. The SMILES string of the molecule is Fc1ccc(Oc2cncnc2N2CCC3(CCN(CC4CCOCC4)C3)C2)c(CC2CC2)c1. The number of halogens is 1. The Labute approximate surface area is 201 Å². The minimum Gasteiger partial charge on any atom is -0.452 e. The molecule has 0 amide bonds. The summed E-state index contributed by atoms with van der Waals surface area (Å²) < 4.78 is 25.8. The van der Waals surface area contributed by atoms with Crippen LogP contribution in [-0.2, 0) is 11.2 Å². The van der Waals surface area contributed by atoms with Crippen molar-refractivity contribution < 1.29 is 13.9 Å². The molecule has 4 fully saturated rings. The monoisotopic (exact) mass is 466 g/mol. The second kappa shape index (κ2) is 9.42. The molecule has 1 aliphatic carbocycles. The number of aromatic nitrogens is 2. The molecule has 6 rings (SSSR count). The molecule has 4 heterocycles. The van der Waals surface area contributed by atoms with Gasteiger partial charge in [0, 0.05) is 44.8 Å². The van der Waals surface area contributed by atoms with Crippen molar-refractivity contribution in [2.45, 2.75) is 44.9 Å². The predicted molar refractivity (Wildman–Crippen MR) is 129 cm³/mol. The average molecular weight is 467 g/mol. The maximum Gasteiger partial charge on any atom is 0.188 e. The van der Waals surface area contributed by atoms with Crippen LogP contribution in [0.4, 0.5) is 10.2 Å². The van der Waals surface area contributed by atoms with Crippen LogP contribution in [0.15, 0.2) is 30.7 Å². The lowest BCUT2D eigenvalue weighted by Gasteiger charge is -2.29. The van der Waals surface area contributed by atoms with E-state index >= 15 is 0 Å². The van der Waals surface area contributed by atoms with Gasteiger partial charge in [0.25, 0.3) is 0 Å². The van der Waals surface area contributed by atoms with Crippen molar-refractivity contribution in [2.24, 2.45) is 17.3 Å². The molecule has 2 aromatic rings. The molecule has 0 N–H and O–H groups in total. The Morgan fingerprint density at radius 3 is 2.74 bits per heavy atom. The first kappa shape index (κ1) is 22.2. The van der Waals surface area contributed by atoms with E-state index in [1.165, 1.54) is 64.2 Å². The number of ether oxygens (including phenoxy) is 2. The highest BCUT2D eigenvalue weighted by atomic mass is 19.1. The zero-order valence-electron chi connectivity index (χ0n) is 19.9. The van der Waals surface area contributed by atoms with Crippen LogP contribution in [0.25, 0.3) is 0 Å². The molecule has 3 aliphatic heterocycles. The molecule has 1 unspecified atom stereocenters. The van der Waals surface area contributed by atoms with Crippen molar-refractivity contribution in [3.8, 4) is 11.5 Å². The molecule has 4 aliphatic rings. The quantitative estimate of drug-likeness (QED) is 0.590. The number of hydrogen-bond acceptors (Lipinski definition) is 6. The summed E-state index contributed by atoms with van der Waals surface area (Å²) in [6.45, 7) is 7.40. The molecule has 0 bridgehead atoms. The fourth-order valence-electron chi connectivity index (χ4n) is 6.11. The van der Waals surface area contributed by atoms with Crippen molar-refractivity contribution in [1.82, 2.24) is 14.9 Å². The second-order valence-electron chi connectivity index (χ2n) is 10.9. The zero-order valence-corrected chi connectivity index (χ0v) is 19.9. The first-order chi connectivity index (χ1) is 16.7. The van der Waals surface area contributed by atoms with E-state index in [4.69, 9.17) is 9.47 Å². The molecule has 1 aromatic heterocycles.